The molecule has 1 aliphatic heterocycles. The molecule has 0 bridgehead atoms. The molecule has 3 N–H and O–H groups in total. The average Bonchev–Trinajstić information content (AvgIpc) is 2.80. The lowest BCUT2D eigenvalue weighted by Gasteiger charge is -2.38. The van der Waals surface area contributed by atoms with Gasteiger partial charge in [0.05, 0.1) is 6.54 Å². The Balaban J connectivity index is 0.00000385. The zero-order valence-corrected chi connectivity index (χ0v) is 22.3. The van der Waals surface area contributed by atoms with Gasteiger partial charge in [-0.2, -0.15) is 0 Å². The van der Waals surface area contributed by atoms with Crippen LogP contribution in [0, 0.1) is 0 Å². The molecular formula is C26H38IN5O. The molecule has 2 atom stereocenters. The summed E-state index contributed by atoms with van der Waals surface area (Å²) >= 11 is 0. The van der Waals surface area contributed by atoms with Gasteiger partial charge < -0.3 is 16.0 Å². The number of benzene rings is 2. The first kappa shape index (κ1) is 27.1. The number of piperidine rings is 1. The number of carbonyl (C=O) groups excluding carboxylic acids is 1. The average molecular weight is 564 g/mol. The molecular weight excluding hydrogens is 525 g/mol. The maximum Gasteiger partial charge on any atom is 0.251 e. The van der Waals surface area contributed by atoms with Gasteiger partial charge >= 0.3 is 0 Å². The van der Waals surface area contributed by atoms with E-state index in [-0.39, 0.29) is 29.9 Å². The first-order valence-electron chi connectivity index (χ1n) is 11.8. The van der Waals surface area contributed by atoms with E-state index in [4.69, 9.17) is 4.99 Å². The van der Waals surface area contributed by atoms with Crippen LogP contribution in [-0.2, 0) is 13.1 Å². The van der Waals surface area contributed by atoms with Crippen molar-refractivity contribution in [3.63, 3.8) is 0 Å². The molecule has 1 aliphatic rings. The highest BCUT2D eigenvalue weighted by atomic mass is 127. The highest BCUT2D eigenvalue weighted by molar-refractivity contribution is 14.0. The van der Waals surface area contributed by atoms with Gasteiger partial charge in [-0.25, -0.2) is 4.99 Å². The number of hydrogen-bond acceptors (Lipinski definition) is 3. The molecule has 1 fully saturated rings. The number of guanidine groups is 1. The highest BCUT2D eigenvalue weighted by Gasteiger charge is 2.26. The van der Waals surface area contributed by atoms with E-state index < -0.39 is 0 Å². The van der Waals surface area contributed by atoms with E-state index in [1.807, 2.05) is 31.2 Å². The Morgan fingerprint density at radius 1 is 1.03 bits per heavy atom. The molecule has 3 rings (SSSR count). The number of rotatable bonds is 8. The number of aliphatic imine (C=N–C) groups is 1. The molecule has 33 heavy (non-hydrogen) atoms. The molecule has 0 radical (unpaired) electrons. The summed E-state index contributed by atoms with van der Waals surface area (Å²) in [5.74, 6) is 0.796. The van der Waals surface area contributed by atoms with Gasteiger partial charge in [0, 0.05) is 43.8 Å². The van der Waals surface area contributed by atoms with Crippen molar-refractivity contribution in [1.82, 2.24) is 20.9 Å². The summed E-state index contributed by atoms with van der Waals surface area (Å²) < 4.78 is 0. The third-order valence-electron chi connectivity index (χ3n) is 5.87. The standard InChI is InChI=1S/C26H37N5O.HI/c1-4-27-25(32)23-13-9-12-22(17-23)18-29-26(28-5-2)30-24-14-15-31(20(3)16-24)19-21-10-7-6-8-11-21;/h6-13,17,20,24H,4-5,14-16,18-19H2,1-3H3,(H,27,32)(H2,28,29,30);1H. The fourth-order valence-electron chi connectivity index (χ4n) is 4.16. The number of nitrogens with one attached hydrogen (secondary N) is 3. The predicted octanol–water partition coefficient (Wildman–Crippen LogP) is 4.16. The van der Waals surface area contributed by atoms with Gasteiger partial charge in [-0.1, -0.05) is 42.5 Å². The smallest absolute Gasteiger partial charge is 0.251 e. The van der Waals surface area contributed by atoms with Gasteiger partial charge in [-0.15, -0.1) is 24.0 Å². The van der Waals surface area contributed by atoms with Crippen molar-refractivity contribution in [1.29, 1.82) is 0 Å². The van der Waals surface area contributed by atoms with Gasteiger partial charge in [0.1, 0.15) is 0 Å². The number of likely N-dealkylation sites (tertiary alicyclic amines) is 1. The number of nitrogens with zero attached hydrogens (tertiary/aromatic N) is 2. The monoisotopic (exact) mass is 563 g/mol. The lowest BCUT2D eigenvalue weighted by molar-refractivity contribution is 0.0955. The quantitative estimate of drug-likeness (QED) is 0.257. The van der Waals surface area contributed by atoms with Gasteiger partial charge in [0.2, 0.25) is 0 Å². The van der Waals surface area contributed by atoms with Crippen molar-refractivity contribution in [3.8, 4) is 0 Å². The lowest BCUT2D eigenvalue weighted by atomic mass is 9.97. The molecule has 0 aliphatic carbocycles. The number of halogens is 1. The highest BCUT2D eigenvalue weighted by Crippen LogP contribution is 2.20. The minimum atomic E-state index is -0.0420. The molecule has 0 saturated carbocycles. The second-order valence-electron chi connectivity index (χ2n) is 8.43. The maximum atomic E-state index is 12.1. The summed E-state index contributed by atoms with van der Waals surface area (Å²) in [7, 11) is 0. The van der Waals surface area contributed by atoms with E-state index in [0.29, 0.717) is 30.7 Å². The molecule has 2 aromatic rings. The Hall–Kier alpha value is -2.13. The molecule has 2 aromatic carbocycles. The van der Waals surface area contributed by atoms with Crippen LogP contribution >= 0.6 is 24.0 Å². The van der Waals surface area contributed by atoms with Crippen LogP contribution in [0.25, 0.3) is 0 Å². The molecule has 1 amide bonds. The van der Waals surface area contributed by atoms with Crippen LogP contribution in [0.15, 0.2) is 59.6 Å². The normalized spacial score (nSPS) is 18.8. The van der Waals surface area contributed by atoms with Gasteiger partial charge in [-0.05, 0) is 56.9 Å². The van der Waals surface area contributed by atoms with E-state index in [0.717, 1.165) is 44.0 Å². The summed E-state index contributed by atoms with van der Waals surface area (Å²) in [6.45, 7) is 10.4. The third kappa shape index (κ3) is 8.62. The van der Waals surface area contributed by atoms with Crippen LogP contribution in [0.5, 0.6) is 0 Å². The third-order valence-corrected chi connectivity index (χ3v) is 5.87. The van der Waals surface area contributed by atoms with Crippen molar-refractivity contribution in [2.45, 2.75) is 58.8 Å². The van der Waals surface area contributed by atoms with Crippen molar-refractivity contribution >= 4 is 35.8 Å². The number of carbonyl (C=O) groups is 1. The van der Waals surface area contributed by atoms with Crippen molar-refractivity contribution in [2.24, 2.45) is 4.99 Å². The van der Waals surface area contributed by atoms with Crippen LogP contribution in [-0.4, -0.2) is 48.5 Å². The van der Waals surface area contributed by atoms with Crippen LogP contribution in [0.3, 0.4) is 0 Å². The Labute approximate surface area is 215 Å². The zero-order chi connectivity index (χ0) is 22.8. The topological polar surface area (TPSA) is 68.8 Å². The summed E-state index contributed by atoms with van der Waals surface area (Å²) in [4.78, 5) is 19.4. The SMILES string of the molecule is CCNC(=O)c1cccc(CN=C(NCC)NC2CCN(Cc3ccccc3)C(C)C2)c1.I. The Bertz CT molecular complexity index is 889. The van der Waals surface area contributed by atoms with Crippen LogP contribution in [0.2, 0.25) is 0 Å². The first-order valence-corrected chi connectivity index (χ1v) is 11.8. The molecule has 0 aromatic heterocycles. The summed E-state index contributed by atoms with van der Waals surface area (Å²) in [6, 6.07) is 19.3. The fraction of sp³-hybridized carbons (Fsp3) is 0.462. The lowest BCUT2D eigenvalue weighted by Crippen LogP contribution is -2.51. The predicted molar refractivity (Wildman–Crippen MR) is 147 cm³/mol. The zero-order valence-electron chi connectivity index (χ0n) is 20.0. The minimum Gasteiger partial charge on any atom is -0.357 e. The Morgan fingerprint density at radius 3 is 2.45 bits per heavy atom. The van der Waals surface area contributed by atoms with E-state index in [9.17, 15) is 4.79 Å². The molecule has 180 valence electrons. The maximum absolute atomic E-state index is 12.1. The molecule has 2 unspecified atom stereocenters. The van der Waals surface area contributed by atoms with Crippen molar-refractivity contribution in [3.05, 3.63) is 71.3 Å². The Kier molecular flexibility index (Phi) is 11.7. The minimum absolute atomic E-state index is 0. The van der Waals surface area contributed by atoms with E-state index in [1.54, 1.807) is 0 Å². The second kappa shape index (κ2) is 14.2. The van der Waals surface area contributed by atoms with Crippen molar-refractivity contribution in [2.75, 3.05) is 19.6 Å². The fourth-order valence-corrected chi connectivity index (χ4v) is 4.16. The second-order valence-corrected chi connectivity index (χ2v) is 8.43. The number of hydrogen-bond donors (Lipinski definition) is 3. The van der Waals surface area contributed by atoms with E-state index in [1.165, 1.54) is 5.56 Å². The van der Waals surface area contributed by atoms with E-state index >= 15 is 0 Å². The van der Waals surface area contributed by atoms with E-state index in [2.05, 4.69) is 65.0 Å². The van der Waals surface area contributed by atoms with Crippen LogP contribution in [0.1, 0.15) is 55.1 Å². The molecule has 6 nitrogen and oxygen atoms in total. The van der Waals surface area contributed by atoms with Crippen LogP contribution in [0.4, 0.5) is 0 Å². The summed E-state index contributed by atoms with van der Waals surface area (Å²) in [6.07, 6.45) is 2.18. The van der Waals surface area contributed by atoms with Crippen LogP contribution < -0.4 is 16.0 Å². The Morgan fingerprint density at radius 2 is 1.76 bits per heavy atom. The van der Waals surface area contributed by atoms with Crippen molar-refractivity contribution < 1.29 is 4.79 Å². The van der Waals surface area contributed by atoms with Gasteiger partial charge in [-0.3, -0.25) is 9.69 Å². The van der Waals surface area contributed by atoms with Gasteiger partial charge in [0.15, 0.2) is 5.96 Å². The molecule has 0 spiro atoms. The number of amides is 1. The first-order chi connectivity index (χ1) is 15.6. The summed E-state index contributed by atoms with van der Waals surface area (Å²) in [5.41, 5.74) is 3.07. The molecule has 1 saturated heterocycles. The largest absolute Gasteiger partial charge is 0.357 e. The summed E-state index contributed by atoms with van der Waals surface area (Å²) in [5, 5.41) is 9.85. The molecule has 1 heterocycles. The van der Waals surface area contributed by atoms with Gasteiger partial charge in [0.25, 0.3) is 5.91 Å². The molecule has 7 heteroatoms.